The molecular weight excluding hydrogens is 230 g/mol. The van der Waals surface area contributed by atoms with Gasteiger partial charge in [-0.1, -0.05) is 12.1 Å². The summed E-state index contributed by atoms with van der Waals surface area (Å²) in [6, 6.07) is 0. The first-order chi connectivity index (χ1) is 8.82. The van der Waals surface area contributed by atoms with Crippen molar-refractivity contribution in [2.75, 3.05) is 26.3 Å². The third-order valence-electron chi connectivity index (χ3n) is 4.34. The Morgan fingerprint density at radius 1 is 1.50 bits per heavy atom. The van der Waals surface area contributed by atoms with E-state index in [0.717, 1.165) is 63.7 Å². The average molecular weight is 251 g/mol. The number of aromatic nitrogens is 2. The van der Waals surface area contributed by atoms with Gasteiger partial charge in [0.25, 0.3) is 0 Å². The molecule has 2 aliphatic rings. The lowest BCUT2D eigenvalue weighted by molar-refractivity contribution is 0.185. The van der Waals surface area contributed by atoms with Gasteiger partial charge < -0.3 is 14.6 Å². The molecule has 18 heavy (non-hydrogen) atoms. The summed E-state index contributed by atoms with van der Waals surface area (Å²) in [6.07, 6.45) is 4.15. The van der Waals surface area contributed by atoms with Crippen LogP contribution in [0.2, 0.25) is 0 Å². The lowest BCUT2D eigenvalue weighted by atomic mass is 9.84. The fraction of sp³-hybridized carbons (Fsp3) is 0.846. The van der Waals surface area contributed by atoms with E-state index in [1.165, 1.54) is 0 Å². The van der Waals surface area contributed by atoms with Crippen LogP contribution in [-0.4, -0.2) is 36.4 Å². The molecule has 0 saturated carbocycles. The quantitative estimate of drug-likeness (QED) is 0.873. The van der Waals surface area contributed by atoms with Gasteiger partial charge in [0, 0.05) is 26.2 Å². The Morgan fingerprint density at radius 3 is 3.11 bits per heavy atom. The predicted molar refractivity (Wildman–Crippen MR) is 66.4 cm³/mol. The van der Waals surface area contributed by atoms with Crippen molar-refractivity contribution in [2.24, 2.45) is 5.92 Å². The van der Waals surface area contributed by atoms with Crippen molar-refractivity contribution in [1.29, 1.82) is 0 Å². The van der Waals surface area contributed by atoms with Crippen LogP contribution in [0, 0.1) is 5.92 Å². The first-order valence-electron chi connectivity index (χ1n) is 6.94. The summed E-state index contributed by atoms with van der Waals surface area (Å²) in [4.78, 5) is 4.63. The highest BCUT2D eigenvalue weighted by atomic mass is 16.5. The average Bonchev–Trinajstić information content (AvgIpc) is 3.10. The molecule has 1 aromatic rings. The third-order valence-corrected chi connectivity index (χ3v) is 4.34. The Hall–Kier alpha value is -0.940. The minimum Gasteiger partial charge on any atom is -0.381 e. The van der Waals surface area contributed by atoms with E-state index in [-0.39, 0.29) is 5.41 Å². The van der Waals surface area contributed by atoms with Gasteiger partial charge in [0.05, 0.1) is 5.41 Å². The topological polar surface area (TPSA) is 60.2 Å². The van der Waals surface area contributed by atoms with E-state index >= 15 is 0 Å². The molecule has 1 N–H and O–H groups in total. The highest BCUT2D eigenvalue weighted by Crippen LogP contribution is 2.33. The second kappa shape index (κ2) is 4.97. The second-order valence-corrected chi connectivity index (χ2v) is 5.51. The fourth-order valence-electron chi connectivity index (χ4n) is 2.93. The van der Waals surface area contributed by atoms with Crippen molar-refractivity contribution >= 4 is 0 Å². The van der Waals surface area contributed by atoms with E-state index < -0.39 is 0 Å². The molecule has 2 unspecified atom stereocenters. The summed E-state index contributed by atoms with van der Waals surface area (Å²) in [5, 5.41) is 7.54. The third kappa shape index (κ3) is 2.17. The Balaban J connectivity index is 1.71. The highest BCUT2D eigenvalue weighted by molar-refractivity contribution is 5.09. The van der Waals surface area contributed by atoms with Crippen LogP contribution in [0.5, 0.6) is 0 Å². The van der Waals surface area contributed by atoms with Crippen molar-refractivity contribution in [3.05, 3.63) is 11.7 Å². The Morgan fingerprint density at radius 2 is 2.44 bits per heavy atom. The SMILES string of the molecule is CCC1(c2nc(CC3CCOC3)no2)CCNC1. The van der Waals surface area contributed by atoms with E-state index in [4.69, 9.17) is 9.26 Å². The molecule has 5 heteroatoms. The zero-order valence-electron chi connectivity index (χ0n) is 10.9. The summed E-state index contributed by atoms with van der Waals surface area (Å²) in [6.45, 7) is 5.91. The maximum absolute atomic E-state index is 5.51. The van der Waals surface area contributed by atoms with Crippen LogP contribution in [0.15, 0.2) is 4.52 Å². The first-order valence-corrected chi connectivity index (χ1v) is 6.94. The van der Waals surface area contributed by atoms with Crippen molar-refractivity contribution in [1.82, 2.24) is 15.5 Å². The number of hydrogen-bond donors (Lipinski definition) is 1. The number of nitrogens with zero attached hydrogens (tertiary/aromatic N) is 2. The molecule has 0 bridgehead atoms. The van der Waals surface area contributed by atoms with E-state index in [9.17, 15) is 0 Å². The number of hydrogen-bond acceptors (Lipinski definition) is 5. The van der Waals surface area contributed by atoms with Crippen LogP contribution >= 0.6 is 0 Å². The molecule has 2 saturated heterocycles. The van der Waals surface area contributed by atoms with Crippen molar-refractivity contribution < 1.29 is 9.26 Å². The van der Waals surface area contributed by atoms with Crippen LogP contribution in [0.4, 0.5) is 0 Å². The molecule has 5 nitrogen and oxygen atoms in total. The van der Waals surface area contributed by atoms with Gasteiger partial charge in [-0.3, -0.25) is 0 Å². The van der Waals surface area contributed by atoms with Crippen LogP contribution in [0.25, 0.3) is 0 Å². The Labute approximate surface area is 107 Å². The molecule has 0 aliphatic carbocycles. The Bertz CT molecular complexity index is 393. The van der Waals surface area contributed by atoms with Gasteiger partial charge in [0.2, 0.25) is 5.89 Å². The van der Waals surface area contributed by atoms with Gasteiger partial charge in [-0.2, -0.15) is 4.98 Å². The summed E-state index contributed by atoms with van der Waals surface area (Å²) in [5.41, 5.74) is 0.0669. The van der Waals surface area contributed by atoms with Gasteiger partial charge in [0.1, 0.15) is 0 Å². The summed E-state index contributed by atoms with van der Waals surface area (Å²) < 4.78 is 10.9. The van der Waals surface area contributed by atoms with Gasteiger partial charge in [-0.05, 0) is 31.7 Å². The molecule has 2 atom stereocenters. The van der Waals surface area contributed by atoms with E-state index in [0.29, 0.717) is 5.92 Å². The predicted octanol–water partition coefficient (Wildman–Crippen LogP) is 1.29. The fourth-order valence-corrected chi connectivity index (χ4v) is 2.93. The molecule has 2 fully saturated rings. The number of rotatable bonds is 4. The van der Waals surface area contributed by atoms with Gasteiger partial charge in [-0.15, -0.1) is 0 Å². The molecular formula is C13H21N3O2. The van der Waals surface area contributed by atoms with Gasteiger partial charge in [0.15, 0.2) is 5.82 Å². The summed E-state index contributed by atoms with van der Waals surface area (Å²) >= 11 is 0. The molecule has 3 rings (SSSR count). The summed E-state index contributed by atoms with van der Waals surface area (Å²) in [5.74, 6) is 2.24. The molecule has 2 aliphatic heterocycles. The van der Waals surface area contributed by atoms with Gasteiger partial charge in [-0.25, -0.2) is 0 Å². The minimum absolute atomic E-state index is 0.0669. The molecule has 0 amide bonds. The lowest BCUT2D eigenvalue weighted by Crippen LogP contribution is -2.28. The Kier molecular flexibility index (Phi) is 3.35. The van der Waals surface area contributed by atoms with Crippen LogP contribution in [0.3, 0.4) is 0 Å². The zero-order valence-corrected chi connectivity index (χ0v) is 10.9. The second-order valence-electron chi connectivity index (χ2n) is 5.51. The van der Waals surface area contributed by atoms with Crippen LogP contribution in [-0.2, 0) is 16.6 Å². The molecule has 3 heterocycles. The normalized spacial score (nSPS) is 32.2. The molecule has 1 aromatic heterocycles. The van der Waals surface area contributed by atoms with Crippen molar-refractivity contribution in [2.45, 2.75) is 38.0 Å². The first kappa shape index (κ1) is 12.1. The zero-order chi connectivity index (χ0) is 12.4. The van der Waals surface area contributed by atoms with Crippen molar-refractivity contribution in [3.63, 3.8) is 0 Å². The highest BCUT2D eigenvalue weighted by Gasteiger charge is 2.39. The van der Waals surface area contributed by atoms with Crippen LogP contribution < -0.4 is 5.32 Å². The van der Waals surface area contributed by atoms with E-state index in [1.807, 2.05) is 0 Å². The van der Waals surface area contributed by atoms with Crippen LogP contribution in [0.1, 0.15) is 37.9 Å². The maximum atomic E-state index is 5.51. The van der Waals surface area contributed by atoms with Gasteiger partial charge >= 0.3 is 0 Å². The lowest BCUT2D eigenvalue weighted by Gasteiger charge is -2.20. The monoisotopic (exact) mass is 251 g/mol. The molecule has 100 valence electrons. The molecule has 0 spiro atoms. The molecule has 0 aromatic carbocycles. The molecule has 0 radical (unpaired) electrons. The van der Waals surface area contributed by atoms with Crippen molar-refractivity contribution in [3.8, 4) is 0 Å². The van der Waals surface area contributed by atoms with E-state index in [1.54, 1.807) is 0 Å². The standard InChI is InChI=1S/C13H21N3O2/c1-2-13(4-5-14-9-13)12-15-11(16-18-12)7-10-3-6-17-8-10/h10,14H,2-9H2,1H3. The summed E-state index contributed by atoms with van der Waals surface area (Å²) in [7, 11) is 0. The maximum Gasteiger partial charge on any atom is 0.234 e. The smallest absolute Gasteiger partial charge is 0.234 e. The van der Waals surface area contributed by atoms with E-state index in [2.05, 4.69) is 22.4 Å². The minimum atomic E-state index is 0.0669. The largest absolute Gasteiger partial charge is 0.381 e. The number of ether oxygens (including phenoxy) is 1. The number of nitrogens with one attached hydrogen (secondary N) is 1.